The highest BCUT2D eigenvalue weighted by atomic mass is 16.2. The number of nitrogens with zero attached hydrogens (tertiary/aromatic N) is 21. The Hall–Kier alpha value is -10.4. The molecular formula is C114H180N24O9. The van der Waals surface area contributed by atoms with Crippen molar-refractivity contribution >= 4 is 88.9 Å². The van der Waals surface area contributed by atoms with Crippen LogP contribution in [0.25, 0.3) is 0 Å². The molecule has 12 heterocycles. The van der Waals surface area contributed by atoms with Gasteiger partial charge in [0.05, 0.1) is 20.0 Å². The smallest absolute Gasteiger partial charge is 0.256 e. The third kappa shape index (κ3) is 34.3. The summed E-state index contributed by atoms with van der Waals surface area (Å²) < 4.78 is 0. The average Bonchev–Trinajstić information content (AvgIpc) is 0.787. The van der Waals surface area contributed by atoms with Gasteiger partial charge in [-0.25, -0.2) is 0 Å². The van der Waals surface area contributed by atoms with Crippen molar-refractivity contribution in [1.82, 2.24) is 88.7 Å². The summed E-state index contributed by atoms with van der Waals surface area (Å²) in [4.78, 5) is 179. The molecule has 10 aliphatic rings. The van der Waals surface area contributed by atoms with E-state index in [2.05, 4.69) is 185 Å². The number of benzene rings is 3. The molecular weight excluding hydrogens is 1850 g/mol. The number of piperidine rings is 6. The predicted molar refractivity (Wildman–Crippen MR) is 584 cm³/mol. The van der Waals surface area contributed by atoms with Crippen LogP contribution in [0.1, 0.15) is 288 Å². The van der Waals surface area contributed by atoms with Crippen LogP contribution in [0.5, 0.6) is 0 Å². The van der Waals surface area contributed by atoms with E-state index >= 15 is 0 Å². The van der Waals surface area contributed by atoms with Crippen LogP contribution in [-0.2, 0) is 48.0 Å². The van der Waals surface area contributed by atoms with Gasteiger partial charge in [-0.15, -0.1) is 0 Å². The Bertz CT molecular complexity index is 4490. The van der Waals surface area contributed by atoms with Gasteiger partial charge in [-0.2, -0.15) is 29.9 Å². The number of rotatable bonds is 33. The minimum absolute atomic E-state index is 0.107. The van der Waals surface area contributed by atoms with E-state index in [0.717, 1.165) is 271 Å². The quantitative estimate of drug-likeness (QED) is 0.0351. The molecule has 3 aromatic carbocycles. The Morgan fingerprint density at radius 1 is 0.231 bits per heavy atom. The third-order valence-corrected chi connectivity index (χ3v) is 30.5. The summed E-state index contributed by atoms with van der Waals surface area (Å²) in [5.74, 6) is 8.80. The molecule has 15 rings (SSSR count). The number of aromatic nitrogens is 6. The van der Waals surface area contributed by atoms with Gasteiger partial charge in [0.25, 0.3) is 17.7 Å². The standard InChI is InChI=1S/C45H78N12O3.C36H45N3O3.C33H57N9O3/c1-34(2)31-40(58)52-13-7-37(8-14-52)49-19-25-55(26-20-49)43-46-44(56-27-21-50(22-28-56)38-9-15-53(16-10-38)41(59)32-35(3)4)48-45(47-43)57-29-23-51(24-30-57)39-11-17-54(18-12-39)42(60)33-36(5)6;1-25(2)19-28-7-13-31(14-8-28)34(40)37-22-38(35(41)32-15-9-29(10-16-32)20-26(3)4)24-39(23-37)36(42)33-17-11-30(12-18-33)21-27(5)6;1-22(2)19-28(43)40-13-7-25(8-14-40)34-31-37-32(35-26-9-15-41(16-10-26)29(44)20-23(3)4)39-33(38-31)36-27-11-17-42(18-12-27)30(45)21-24(5)6/h34-39H,7-33H2,1-6H3;7-18,25-27H,19-24H2,1-6H3;22-27H,7-21H2,1-6H3,(H3,34,35,36,37,38,39). The fourth-order valence-corrected chi connectivity index (χ4v) is 22.3. The molecule has 10 fully saturated rings. The molecule has 33 heteroatoms. The van der Waals surface area contributed by atoms with Crippen LogP contribution >= 0.6 is 0 Å². The Kier molecular flexibility index (Phi) is 42.4. The molecule has 147 heavy (non-hydrogen) atoms. The van der Waals surface area contributed by atoms with Crippen molar-refractivity contribution in [3.05, 3.63) is 106 Å². The van der Waals surface area contributed by atoms with Gasteiger partial charge in [0.1, 0.15) is 0 Å². The van der Waals surface area contributed by atoms with E-state index in [1.807, 2.05) is 87.5 Å². The minimum atomic E-state index is -0.207. The van der Waals surface area contributed by atoms with Gasteiger partial charge in [-0.05, 0) is 203 Å². The lowest BCUT2D eigenvalue weighted by Crippen LogP contribution is -2.59. The van der Waals surface area contributed by atoms with Crippen LogP contribution in [0, 0.1) is 53.3 Å². The molecule has 9 amide bonds. The van der Waals surface area contributed by atoms with Crippen molar-refractivity contribution in [3.8, 4) is 0 Å². The number of hydrogen-bond donors (Lipinski definition) is 3. The highest BCUT2D eigenvalue weighted by molar-refractivity contribution is 5.99. The molecule has 0 radical (unpaired) electrons. The van der Waals surface area contributed by atoms with Crippen molar-refractivity contribution in [1.29, 1.82) is 0 Å². The maximum atomic E-state index is 13.7. The summed E-state index contributed by atoms with van der Waals surface area (Å²) in [6, 6.07) is 25.0. The van der Waals surface area contributed by atoms with Crippen LogP contribution in [0.4, 0.5) is 35.7 Å². The summed E-state index contributed by atoms with van der Waals surface area (Å²) >= 11 is 0. The van der Waals surface area contributed by atoms with Gasteiger partial charge < -0.3 is 74.7 Å². The van der Waals surface area contributed by atoms with Gasteiger partial charge >= 0.3 is 0 Å². The third-order valence-electron chi connectivity index (χ3n) is 30.5. The molecule has 0 atom stereocenters. The average molecular weight is 2030 g/mol. The molecule has 810 valence electrons. The monoisotopic (exact) mass is 2030 g/mol. The van der Waals surface area contributed by atoms with Crippen LogP contribution in [0.15, 0.2) is 72.8 Å². The van der Waals surface area contributed by atoms with E-state index in [1.54, 1.807) is 14.7 Å². The van der Waals surface area contributed by atoms with E-state index in [-0.39, 0.29) is 73.6 Å². The zero-order chi connectivity index (χ0) is 105. The van der Waals surface area contributed by atoms with Gasteiger partial charge in [0.2, 0.25) is 71.1 Å². The number of carbonyl (C=O) groups is 9. The van der Waals surface area contributed by atoms with Gasteiger partial charge in [-0.3, -0.25) is 57.9 Å². The second-order valence-electron chi connectivity index (χ2n) is 47.3. The minimum Gasteiger partial charge on any atom is -0.351 e. The lowest BCUT2D eigenvalue weighted by Gasteiger charge is -2.44. The van der Waals surface area contributed by atoms with Crippen molar-refractivity contribution < 1.29 is 43.2 Å². The molecule has 0 saturated carbocycles. The Labute approximate surface area is 878 Å². The largest absolute Gasteiger partial charge is 0.351 e. The summed E-state index contributed by atoms with van der Waals surface area (Å²) in [5.41, 5.74) is 5.16. The Morgan fingerprint density at radius 2 is 0.415 bits per heavy atom. The second kappa shape index (κ2) is 54.9. The zero-order valence-corrected chi connectivity index (χ0v) is 92.6. The predicted octanol–water partition coefficient (Wildman–Crippen LogP) is 14.5. The van der Waals surface area contributed by atoms with E-state index in [4.69, 9.17) is 29.9 Å². The van der Waals surface area contributed by atoms with Crippen molar-refractivity contribution in [3.63, 3.8) is 0 Å². The topological polar surface area (TPSA) is 316 Å². The molecule has 10 saturated heterocycles. The summed E-state index contributed by atoms with van der Waals surface area (Å²) in [6.07, 6.45) is 17.9. The van der Waals surface area contributed by atoms with Crippen LogP contribution in [0.2, 0.25) is 0 Å². The van der Waals surface area contributed by atoms with Gasteiger partial charge in [-0.1, -0.05) is 161 Å². The van der Waals surface area contributed by atoms with E-state index < -0.39 is 0 Å². The lowest BCUT2D eigenvalue weighted by atomic mass is 10.0. The molecule has 5 aromatic rings. The highest BCUT2D eigenvalue weighted by Gasteiger charge is 2.40. The van der Waals surface area contributed by atoms with Gasteiger partial charge in [0, 0.05) is 249 Å². The Morgan fingerprint density at radius 3 is 0.592 bits per heavy atom. The van der Waals surface area contributed by atoms with E-state index in [0.29, 0.717) is 162 Å². The van der Waals surface area contributed by atoms with Crippen molar-refractivity contribution in [2.45, 2.75) is 296 Å². The molecule has 0 bridgehead atoms. The van der Waals surface area contributed by atoms with E-state index in [9.17, 15) is 43.2 Å². The number of likely N-dealkylation sites (tertiary alicyclic amines) is 6. The molecule has 33 nitrogen and oxygen atoms in total. The number of piperazine rings is 3. The van der Waals surface area contributed by atoms with E-state index in [1.165, 1.54) is 16.7 Å². The Balaban J connectivity index is 0.000000188. The van der Waals surface area contributed by atoms with Crippen molar-refractivity contribution in [2.24, 2.45) is 53.3 Å². The maximum Gasteiger partial charge on any atom is 0.256 e. The number of nitrogens with one attached hydrogen (secondary N) is 3. The van der Waals surface area contributed by atoms with Gasteiger partial charge in [0.15, 0.2) is 0 Å². The second-order valence-corrected chi connectivity index (χ2v) is 47.3. The number of amides is 9. The lowest BCUT2D eigenvalue weighted by molar-refractivity contribution is -0.134. The molecule has 0 aliphatic carbocycles. The fraction of sp³-hybridized carbons (Fsp3) is 0.711. The highest BCUT2D eigenvalue weighted by Crippen LogP contribution is 2.33. The molecule has 10 aliphatic heterocycles. The SMILES string of the molecule is CC(C)CC(=O)N1CCC(N2CCN(c3nc(N4CCN(C5CCN(C(=O)CC(C)C)CC5)CC4)nc(N4CCN(C5CCN(C(=O)CC(C)C)CC5)CC4)n3)CC2)CC1.CC(C)CC(=O)N1CCC(Nc2nc(NC3CCN(C(=O)CC(C)C)CC3)nc(NC3CCN(C(=O)CC(C)C)CC3)n2)CC1.CC(C)Cc1ccc(C(=O)N2CN(C(=O)c3ccc(CC(C)C)cc3)CN(C(=O)c3ccc(CC(C)C)cc3)C2)cc1. The normalized spacial score (nSPS) is 19.2. The molecule has 2 aromatic heterocycles. The number of anilines is 6. The summed E-state index contributed by atoms with van der Waals surface area (Å²) in [6.45, 7) is 59.3. The molecule has 0 spiro atoms. The summed E-state index contributed by atoms with van der Waals surface area (Å²) in [5, 5.41) is 10.6. The first-order valence-electron chi connectivity index (χ1n) is 56.4. The summed E-state index contributed by atoms with van der Waals surface area (Å²) in [7, 11) is 0. The first kappa shape index (κ1) is 114. The maximum absolute atomic E-state index is 13.7. The zero-order valence-electron chi connectivity index (χ0n) is 92.6. The first-order valence-corrected chi connectivity index (χ1v) is 56.4. The van der Waals surface area contributed by atoms with Crippen molar-refractivity contribution in [2.75, 3.05) is 208 Å². The van der Waals surface area contributed by atoms with Crippen LogP contribution in [-0.4, -0.2) is 355 Å². The number of hydrogen-bond acceptors (Lipinski definition) is 24. The molecule has 3 N–H and O–H groups in total. The van der Waals surface area contributed by atoms with Crippen LogP contribution < -0.4 is 30.7 Å². The van der Waals surface area contributed by atoms with Crippen LogP contribution in [0.3, 0.4) is 0 Å². The number of carbonyl (C=O) groups excluding carboxylic acids is 9. The molecule has 0 unspecified atom stereocenters. The fourth-order valence-electron chi connectivity index (χ4n) is 22.3. The first-order chi connectivity index (χ1) is 70.3.